The van der Waals surface area contributed by atoms with Gasteiger partial charge >= 0.3 is 51.4 Å². The average Bonchev–Trinajstić information content (AvgIpc) is 1.69. The first kappa shape index (κ1) is 8.66. The first-order valence-corrected chi connectivity index (χ1v) is 2.13. The Morgan fingerprint density at radius 3 is 1.75 bits per heavy atom. The molecule has 0 fully saturated rings. The van der Waals surface area contributed by atoms with Crippen molar-refractivity contribution in [3.8, 4) is 5.75 Å². The van der Waals surface area contributed by atoms with Crippen LogP contribution in [0.2, 0.25) is 0 Å². The first-order chi connectivity index (χ1) is 3.39. The van der Waals surface area contributed by atoms with Crippen LogP contribution in [0.15, 0.2) is 30.3 Å². The quantitative estimate of drug-likeness (QED) is 0.519. The number of hydrogen-bond acceptors (Lipinski definition) is 1. The van der Waals surface area contributed by atoms with Crippen molar-refractivity contribution in [2.75, 3.05) is 0 Å². The third kappa shape index (κ3) is 2.84. The molecule has 0 aliphatic carbocycles. The zero-order chi connectivity index (χ0) is 5.11. The van der Waals surface area contributed by atoms with Crippen LogP contribution in [0.1, 0.15) is 0 Å². The van der Waals surface area contributed by atoms with Gasteiger partial charge in [0.05, 0.1) is 0 Å². The van der Waals surface area contributed by atoms with Crippen LogP contribution >= 0.6 is 0 Å². The Morgan fingerprint density at radius 1 is 1.00 bits per heavy atom. The molecular weight excluding hydrogens is 127 g/mol. The fourth-order valence-corrected chi connectivity index (χ4v) is 0.428. The number of benzene rings is 1. The molecule has 0 unspecified atom stereocenters. The molecule has 38 valence electrons. The van der Waals surface area contributed by atoms with Gasteiger partial charge in [0, 0.05) is 0 Å². The molecule has 8 heavy (non-hydrogen) atoms. The Kier molecular flexibility index (Phi) is 4.90. The van der Waals surface area contributed by atoms with Crippen molar-refractivity contribution in [2.45, 2.75) is 0 Å². The van der Waals surface area contributed by atoms with E-state index in [2.05, 4.69) is 0 Å². The molecule has 0 bridgehead atoms. The van der Waals surface area contributed by atoms with Crippen molar-refractivity contribution >= 4 is 51.4 Å². The van der Waals surface area contributed by atoms with E-state index < -0.39 is 0 Å². The molecule has 0 aromatic heterocycles. The van der Waals surface area contributed by atoms with Crippen molar-refractivity contribution in [1.82, 2.24) is 0 Å². The van der Waals surface area contributed by atoms with Gasteiger partial charge in [-0.2, -0.15) is 0 Å². The van der Waals surface area contributed by atoms with Gasteiger partial charge in [0.15, 0.2) is 0 Å². The molecule has 0 aliphatic heterocycles. The number of rotatable bonds is 0. The summed E-state index contributed by atoms with van der Waals surface area (Å²) in [5, 5.41) is 8.63. The van der Waals surface area contributed by atoms with Gasteiger partial charge in [0.25, 0.3) is 0 Å². The number of para-hydroxylation sites is 1. The molecule has 0 atom stereocenters. The minimum absolute atomic E-state index is 0. The zero-order valence-electron chi connectivity index (χ0n) is 3.83. The molecule has 1 aromatic rings. The summed E-state index contributed by atoms with van der Waals surface area (Å²) >= 11 is 0. The minimum atomic E-state index is 0. The van der Waals surface area contributed by atoms with Gasteiger partial charge < -0.3 is 5.11 Å². The van der Waals surface area contributed by atoms with Crippen molar-refractivity contribution in [2.24, 2.45) is 0 Å². The summed E-state index contributed by atoms with van der Waals surface area (Å²) in [6, 6.07) is 8.71. The van der Waals surface area contributed by atoms with Gasteiger partial charge in [-0.3, -0.25) is 0 Å². The molecule has 1 rings (SSSR count). The van der Waals surface area contributed by atoms with E-state index in [-0.39, 0.29) is 51.4 Å². The second kappa shape index (κ2) is 4.53. The van der Waals surface area contributed by atoms with Gasteiger partial charge in [-0.15, -0.1) is 0 Å². The summed E-state index contributed by atoms with van der Waals surface area (Å²) in [5.74, 6) is 0.322. The van der Waals surface area contributed by atoms with Gasteiger partial charge in [-0.05, 0) is 12.1 Å². The molecule has 1 nitrogen and oxygen atoms in total. The predicted molar refractivity (Wildman–Crippen MR) is 35.3 cm³/mol. The normalized spacial score (nSPS) is 7.50. The number of phenols is 1. The zero-order valence-corrected chi connectivity index (χ0v) is 3.83. The second-order valence-corrected chi connectivity index (χ2v) is 1.34. The van der Waals surface area contributed by atoms with E-state index in [1.807, 2.05) is 6.07 Å². The number of phenolic OH excluding ortho intramolecular Hbond substituents is 1. The van der Waals surface area contributed by atoms with Crippen LogP contribution in [-0.4, -0.2) is 56.5 Å². The van der Waals surface area contributed by atoms with Crippen LogP contribution in [0.4, 0.5) is 0 Å². The van der Waals surface area contributed by atoms with Gasteiger partial charge in [0.2, 0.25) is 0 Å². The molecular formula is C6H7KO. The summed E-state index contributed by atoms with van der Waals surface area (Å²) in [5.41, 5.74) is 0. The maximum atomic E-state index is 8.63. The summed E-state index contributed by atoms with van der Waals surface area (Å²) < 4.78 is 0. The summed E-state index contributed by atoms with van der Waals surface area (Å²) in [4.78, 5) is 0. The molecule has 0 radical (unpaired) electrons. The van der Waals surface area contributed by atoms with Gasteiger partial charge in [-0.1, -0.05) is 18.2 Å². The molecule has 1 aromatic carbocycles. The SMILES string of the molecule is Oc1ccccc1.[KH]. The molecule has 0 aliphatic rings. The average molecular weight is 134 g/mol. The Hall–Kier alpha value is 0.656. The standard InChI is InChI=1S/C6H6O.K.H/c7-6-4-2-1-3-5-6;;/h1-5,7H;;. The van der Waals surface area contributed by atoms with Crippen molar-refractivity contribution in [3.05, 3.63) is 30.3 Å². The molecule has 0 amide bonds. The maximum absolute atomic E-state index is 8.63. The van der Waals surface area contributed by atoms with Crippen molar-refractivity contribution in [1.29, 1.82) is 0 Å². The van der Waals surface area contributed by atoms with E-state index in [0.717, 1.165) is 0 Å². The fraction of sp³-hybridized carbons (Fsp3) is 0. The molecule has 0 spiro atoms. The van der Waals surface area contributed by atoms with E-state index in [1.165, 1.54) is 0 Å². The molecule has 1 N–H and O–H groups in total. The fourth-order valence-electron chi connectivity index (χ4n) is 0.428. The Labute approximate surface area is 91.1 Å². The number of aromatic hydroxyl groups is 1. The predicted octanol–water partition coefficient (Wildman–Crippen LogP) is 0.744. The number of hydrogen-bond donors (Lipinski definition) is 1. The van der Waals surface area contributed by atoms with E-state index in [4.69, 9.17) is 5.11 Å². The van der Waals surface area contributed by atoms with Gasteiger partial charge in [0.1, 0.15) is 5.75 Å². The van der Waals surface area contributed by atoms with Crippen LogP contribution in [0.3, 0.4) is 0 Å². The second-order valence-electron chi connectivity index (χ2n) is 1.34. The van der Waals surface area contributed by atoms with Crippen LogP contribution in [-0.2, 0) is 0 Å². The third-order valence-electron chi connectivity index (χ3n) is 0.756. The monoisotopic (exact) mass is 134 g/mol. The van der Waals surface area contributed by atoms with Crippen molar-refractivity contribution in [3.63, 3.8) is 0 Å². The van der Waals surface area contributed by atoms with E-state index in [0.29, 0.717) is 5.75 Å². The van der Waals surface area contributed by atoms with Crippen LogP contribution < -0.4 is 0 Å². The Bertz CT molecular complexity index is 138. The summed E-state index contributed by atoms with van der Waals surface area (Å²) in [6.07, 6.45) is 0. The van der Waals surface area contributed by atoms with Gasteiger partial charge in [-0.25, -0.2) is 0 Å². The van der Waals surface area contributed by atoms with E-state index >= 15 is 0 Å². The molecule has 0 heterocycles. The summed E-state index contributed by atoms with van der Waals surface area (Å²) in [7, 11) is 0. The van der Waals surface area contributed by atoms with Crippen LogP contribution in [0.25, 0.3) is 0 Å². The van der Waals surface area contributed by atoms with Crippen LogP contribution in [0, 0.1) is 0 Å². The molecule has 0 saturated carbocycles. The molecule has 0 saturated heterocycles. The summed E-state index contributed by atoms with van der Waals surface area (Å²) in [6.45, 7) is 0. The Morgan fingerprint density at radius 2 is 1.50 bits per heavy atom. The van der Waals surface area contributed by atoms with E-state index in [1.54, 1.807) is 24.3 Å². The van der Waals surface area contributed by atoms with Crippen molar-refractivity contribution < 1.29 is 5.11 Å². The van der Waals surface area contributed by atoms with Crippen LogP contribution in [0.5, 0.6) is 5.75 Å². The Balaban J connectivity index is 0.000000490. The first-order valence-electron chi connectivity index (χ1n) is 2.13. The van der Waals surface area contributed by atoms with E-state index in [9.17, 15) is 0 Å². The topological polar surface area (TPSA) is 20.2 Å². The molecule has 2 heteroatoms. The third-order valence-corrected chi connectivity index (χ3v) is 0.756.